The number of hydrogen-bond acceptors (Lipinski definition) is 8. The number of likely N-dealkylation sites (tertiary alicyclic amines) is 1. The first kappa shape index (κ1) is 37.3. The Morgan fingerprint density at radius 1 is 0.962 bits per heavy atom. The lowest BCUT2D eigenvalue weighted by atomic mass is 9.52. The number of ether oxygens (including phenoxy) is 2. The highest BCUT2D eigenvalue weighted by atomic mass is 16.6. The highest BCUT2D eigenvalue weighted by molar-refractivity contribution is 6.18. The summed E-state index contributed by atoms with van der Waals surface area (Å²) in [6.07, 6.45) is 12.2. The second kappa shape index (κ2) is 13.8. The number of Topliss-reactive ketones (excluding diaryl/α,β-unsaturated/α-hetero) is 2. The maximum Gasteiger partial charge on any atom is 0.326 e. The van der Waals surface area contributed by atoms with Crippen molar-refractivity contribution < 1.29 is 44.0 Å². The molecule has 1 aromatic carbocycles. The Labute approximate surface area is 305 Å². The molecule has 2 saturated heterocycles. The molecule has 1 saturated carbocycles. The summed E-state index contributed by atoms with van der Waals surface area (Å²) < 4.78 is 13.6. The van der Waals surface area contributed by atoms with Gasteiger partial charge in [0, 0.05) is 47.1 Å². The van der Waals surface area contributed by atoms with Crippen LogP contribution in [-0.4, -0.2) is 73.6 Å². The van der Waals surface area contributed by atoms with E-state index in [-0.39, 0.29) is 64.6 Å². The number of nitrogens with zero attached hydrogens (tertiary/aromatic N) is 1. The Morgan fingerprint density at radius 2 is 1.65 bits per heavy atom. The minimum atomic E-state index is -1.67. The molecule has 5 unspecified atom stereocenters. The summed E-state index contributed by atoms with van der Waals surface area (Å²) in [6.45, 7) is 13.7. The zero-order valence-electron chi connectivity index (χ0n) is 31.3. The van der Waals surface area contributed by atoms with E-state index in [0.29, 0.717) is 31.4 Å². The Morgan fingerprint density at radius 3 is 2.33 bits per heavy atom. The molecule has 6 atom stereocenters. The zero-order chi connectivity index (χ0) is 37.9. The van der Waals surface area contributed by atoms with Crippen molar-refractivity contribution in [2.24, 2.45) is 11.8 Å². The van der Waals surface area contributed by atoms with Crippen molar-refractivity contribution in [2.45, 2.75) is 123 Å². The highest BCUT2D eigenvalue weighted by Gasteiger charge is 2.78. The molecule has 6 aliphatic rings. The first-order chi connectivity index (χ1) is 24.5. The van der Waals surface area contributed by atoms with E-state index in [1.807, 2.05) is 39.8 Å². The summed E-state index contributed by atoms with van der Waals surface area (Å²) in [4.78, 5) is 55.9. The van der Waals surface area contributed by atoms with Gasteiger partial charge in [0.2, 0.25) is 5.91 Å². The number of aliphatic carboxylic acids is 1. The smallest absolute Gasteiger partial charge is 0.326 e. The SMILES string of the molecule is CC(C)=CCC/C(C)=C/Cc1c(O)c(CC=C(C)C)c2c(c1O)C(=O)C1=CC3CC4C(C)OC(C/C=C(/C)C(=O)N5CCC[C@H]5C(=O)O)(C3=O)C14O2. The van der Waals surface area contributed by atoms with Crippen LogP contribution in [0.25, 0.3) is 0 Å². The second-order valence-corrected chi connectivity index (χ2v) is 15.7. The molecule has 10 nitrogen and oxygen atoms in total. The molecule has 10 heteroatoms. The lowest BCUT2D eigenvalue weighted by Gasteiger charge is -2.56. The van der Waals surface area contributed by atoms with Crippen molar-refractivity contribution >= 4 is 23.4 Å². The molecule has 1 amide bonds. The number of carboxylic acid groups (broad SMARTS) is 1. The lowest BCUT2D eigenvalue weighted by molar-refractivity contribution is -0.167. The van der Waals surface area contributed by atoms with Gasteiger partial charge in [-0.3, -0.25) is 14.4 Å². The molecule has 1 aromatic rings. The maximum absolute atomic E-state index is 14.8. The molecule has 3 aliphatic heterocycles. The maximum atomic E-state index is 14.8. The van der Waals surface area contributed by atoms with Crippen LogP contribution in [0.2, 0.25) is 0 Å². The van der Waals surface area contributed by atoms with Gasteiger partial charge in [-0.2, -0.15) is 0 Å². The Hall–Kier alpha value is -4.44. The quantitative estimate of drug-likeness (QED) is 0.165. The number of carbonyl (C=O) groups is 4. The van der Waals surface area contributed by atoms with Crippen LogP contribution < -0.4 is 4.74 Å². The number of benzene rings is 1. The number of rotatable bonds is 11. The molecule has 4 bridgehead atoms. The van der Waals surface area contributed by atoms with Crippen LogP contribution in [0.15, 0.2) is 58.2 Å². The van der Waals surface area contributed by atoms with E-state index >= 15 is 0 Å². The van der Waals surface area contributed by atoms with Crippen LogP contribution >= 0.6 is 0 Å². The number of fused-ring (bicyclic) bond motifs is 1. The van der Waals surface area contributed by atoms with Crippen molar-refractivity contribution in [2.75, 3.05) is 6.54 Å². The predicted molar refractivity (Wildman–Crippen MR) is 195 cm³/mol. The Balaban J connectivity index is 1.45. The molecule has 7 rings (SSSR count). The fraction of sp³-hybridized carbons (Fsp3) is 0.524. The normalized spacial score (nSPS) is 29.0. The molecule has 3 fully saturated rings. The number of allylic oxidation sites excluding steroid dienone is 7. The minimum Gasteiger partial charge on any atom is -0.507 e. The van der Waals surface area contributed by atoms with Crippen molar-refractivity contribution in [3.05, 3.63) is 74.9 Å². The molecule has 0 aromatic heterocycles. The third-order valence-electron chi connectivity index (χ3n) is 11.7. The molecule has 0 radical (unpaired) electrons. The zero-order valence-corrected chi connectivity index (χ0v) is 31.3. The highest BCUT2D eigenvalue weighted by Crippen LogP contribution is 2.66. The Kier molecular flexibility index (Phi) is 9.93. The number of carboxylic acids is 1. The third-order valence-corrected chi connectivity index (χ3v) is 11.7. The van der Waals surface area contributed by atoms with Gasteiger partial charge in [0.05, 0.1) is 6.10 Å². The van der Waals surface area contributed by atoms with E-state index in [2.05, 4.69) is 19.9 Å². The van der Waals surface area contributed by atoms with Gasteiger partial charge in [0.25, 0.3) is 0 Å². The van der Waals surface area contributed by atoms with Crippen LogP contribution in [0.5, 0.6) is 17.2 Å². The summed E-state index contributed by atoms with van der Waals surface area (Å²) in [5.41, 5.74) is 1.14. The predicted octanol–water partition coefficient (Wildman–Crippen LogP) is 6.87. The number of ketones is 2. The van der Waals surface area contributed by atoms with E-state index in [4.69, 9.17) is 9.47 Å². The minimum absolute atomic E-state index is 0.0322. The van der Waals surface area contributed by atoms with Crippen LogP contribution in [0, 0.1) is 11.8 Å². The van der Waals surface area contributed by atoms with E-state index in [1.165, 1.54) is 10.5 Å². The van der Waals surface area contributed by atoms with Crippen molar-refractivity contribution in [3.8, 4) is 17.2 Å². The number of carbonyl (C=O) groups excluding carboxylic acids is 3. The molecular formula is C42H51NO9. The average molecular weight is 714 g/mol. The lowest BCUT2D eigenvalue weighted by Crippen LogP contribution is -2.72. The number of hydrogen-bond donors (Lipinski definition) is 3. The topological polar surface area (TPSA) is 151 Å². The van der Waals surface area contributed by atoms with E-state index in [9.17, 15) is 34.5 Å². The van der Waals surface area contributed by atoms with Gasteiger partial charge in [0.15, 0.2) is 22.8 Å². The van der Waals surface area contributed by atoms with Crippen molar-refractivity contribution in [3.63, 3.8) is 0 Å². The molecule has 3 N–H and O–H groups in total. The first-order valence-corrected chi connectivity index (χ1v) is 18.5. The van der Waals surface area contributed by atoms with Crippen LogP contribution in [0.4, 0.5) is 0 Å². The molecule has 52 heavy (non-hydrogen) atoms. The number of phenolic OH excluding ortho intramolecular Hbond substituents is 2. The molecule has 3 heterocycles. The summed E-state index contributed by atoms with van der Waals surface area (Å²) in [7, 11) is 0. The van der Waals surface area contributed by atoms with Crippen LogP contribution in [0.3, 0.4) is 0 Å². The van der Waals surface area contributed by atoms with E-state index in [0.717, 1.165) is 24.0 Å². The summed E-state index contributed by atoms with van der Waals surface area (Å²) in [5.74, 6) is -3.70. The summed E-state index contributed by atoms with van der Waals surface area (Å²) >= 11 is 0. The monoisotopic (exact) mass is 713 g/mol. The molecule has 1 spiro atoms. The second-order valence-electron chi connectivity index (χ2n) is 15.7. The first-order valence-electron chi connectivity index (χ1n) is 18.5. The van der Waals surface area contributed by atoms with Crippen molar-refractivity contribution in [1.82, 2.24) is 4.90 Å². The fourth-order valence-corrected chi connectivity index (χ4v) is 9.00. The fourth-order valence-electron chi connectivity index (χ4n) is 9.00. The van der Waals surface area contributed by atoms with E-state index in [1.54, 1.807) is 19.1 Å². The van der Waals surface area contributed by atoms with Gasteiger partial charge in [-0.1, -0.05) is 47.1 Å². The summed E-state index contributed by atoms with van der Waals surface area (Å²) in [6, 6.07) is -0.913. The van der Waals surface area contributed by atoms with Gasteiger partial charge >= 0.3 is 5.97 Å². The number of aromatic hydroxyl groups is 2. The number of phenols is 2. The molecule has 3 aliphatic carbocycles. The third kappa shape index (κ3) is 5.83. The van der Waals surface area contributed by atoms with Crippen molar-refractivity contribution in [1.29, 1.82) is 0 Å². The van der Waals surface area contributed by atoms with E-state index < -0.39 is 52.8 Å². The van der Waals surface area contributed by atoms with Gasteiger partial charge in [-0.15, -0.1) is 0 Å². The van der Waals surface area contributed by atoms with Gasteiger partial charge in [0.1, 0.15) is 28.9 Å². The average Bonchev–Trinajstić information content (AvgIpc) is 3.64. The largest absolute Gasteiger partial charge is 0.507 e. The summed E-state index contributed by atoms with van der Waals surface area (Å²) in [5, 5.41) is 33.3. The Bertz CT molecular complexity index is 1890. The van der Waals surface area contributed by atoms with Gasteiger partial charge < -0.3 is 29.7 Å². The molecular weight excluding hydrogens is 662 g/mol. The number of amides is 1. The standard InChI is InChI=1S/C42H51NO9/c1-22(2)10-8-11-24(5)14-16-28-34(44)29(15-13-23(3)4)37-33(35(28)45)36(46)31-21-27-20-30-26(7)51-41(38(27)47,42(30,31)52-37)18-17-25(6)39(48)43-19-9-12-32(43)40(49)50/h10,13-14,17,21,26-27,30,32,44-45H,8-9,11-12,15-16,18-20H2,1-7H3,(H,49,50)/b24-14+,25-17-/t26?,27?,30?,32-,41?,42?/m0/s1. The van der Waals surface area contributed by atoms with Crippen LogP contribution in [0.1, 0.15) is 108 Å². The molecule has 278 valence electrons. The van der Waals surface area contributed by atoms with Gasteiger partial charge in [-0.05, 0) is 93.4 Å². The van der Waals surface area contributed by atoms with Gasteiger partial charge in [-0.25, -0.2) is 4.79 Å². The van der Waals surface area contributed by atoms with Crippen LogP contribution in [-0.2, 0) is 32.0 Å².